The van der Waals surface area contributed by atoms with E-state index in [9.17, 15) is 0 Å². The second kappa shape index (κ2) is 6.53. The molecule has 1 unspecified atom stereocenters. The van der Waals surface area contributed by atoms with Crippen molar-refractivity contribution in [3.63, 3.8) is 0 Å². The molecule has 2 rings (SSSR count). The van der Waals surface area contributed by atoms with Gasteiger partial charge in [0.05, 0.1) is 10.7 Å². The number of halogens is 2. The predicted molar refractivity (Wildman–Crippen MR) is 81.6 cm³/mol. The van der Waals surface area contributed by atoms with E-state index in [1.165, 1.54) is 5.56 Å². The topological polar surface area (TPSA) is 38.0 Å². The van der Waals surface area contributed by atoms with Crippen LogP contribution in [-0.2, 0) is 0 Å². The largest absolute Gasteiger partial charge is 0.399 e. The Bertz CT molecular complexity index is 500. The fourth-order valence-corrected chi connectivity index (χ4v) is 1.95. The van der Waals surface area contributed by atoms with Gasteiger partial charge in [-0.3, -0.25) is 0 Å². The summed E-state index contributed by atoms with van der Waals surface area (Å²) in [6.07, 6.45) is 0. The quantitative estimate of drug-likeness (QED) is 0.813. The summed E-state index contributed by atoms with van der Waals surface area (Å²) in [6, 6.07) is 15.9. The SMILES string of the molecule is CC(Nc1ccc(N)cc1Cl)c1ccccc1.Cl. The number of hydrogen-bond donors (Lipinski definition) is 2. The second-order valence-electron chi connectivity index (χ2n) is 4.02. The highest BCUT2D eigenvalue weighted by Gasteiger charge is 2.07. The molecule has 0 amide bonds. The molecule has 0 fully saturated rings. The lowest BCUT2D eigenvalue weighted by Crippen LogP contribution is -2.06. The number of benzene rings is 2. The third kappa shape index (κ3) is 3.56. The van der Waals surface area contributed by atoms with Gasteiger partial charge in [0.2, 0.25) is 0 Å². The summed E-state index contributed by atoms with van der Waals surface area (Å²) in [5.41, 5.74) is 8.45. The molecule has 4 heteroatoms. The molecule has 3 N–H and O–H groups in total. The average molecular weight is 283 g/mol. The molecule has 18 heavy (non-hydrogen) atoms. The molecule has 0 saturated heterocycles. The maximum atomic E-state index is 6.12. The Morgan fingerprint density at radius 1 is 1.11 bits per heavy atom. The van der Waals surface area contributed by atoms with Crippen LogP contribution in [0.15, 0.2) is 48.5 Å². The van der Waals surface area contributed by atoms with Crippen molar-refractivity contribution in [1.29, 1.82) is 0 Å². The predicted octanol–water partition coefficient (Wildman–Crippen LogP) is 4.52. The van der Waals surface area contributed by atoms with E-state index in [0.717, 1.165) is 5.69 Å². The summed E-state index contributed by atoms with van der Waals surface area (Å²) in [6.45, 7) is 2.10. The molecular weight excluding hydrogens is 267 g/mol. The van der Waals surface area contributed by atoms with Crippen LogP contribution in [0.4, 0.5) is 11.4 Å². The third-order valence-corrected chi connectivity index (χ3v) is 2.98. The standard InChI is InChI=1S/C14H15ClN2.ClH/c1-10(11-5-3-2-4-6-11)17-14-8-7-12(16)9-13(14)15;/h2-10,17H,16H2,1H3;1H. The molecule has 0 bridgehead atoms. The van der Waals surface area contributed by atoms with Gasteiger partial charge in [0.15, 0.2) is 0 Å². The number of hydrogen-bond acceptors (Lipinski definition) is 2. The first-order chi connectivity index (χ1) is 8.16. The Kier molecular flexibility index (Phi) is 5.32. The van der Waals surface area contributed by atoms with Gasteiger partial charge in [-0.05, 0) is 30.7 Å². The van der Waals surface area contributed by atoms with Crippen molar-refractivity contribution in [2.75, 3.05) is 11.1 Å². The Labute approximate surface area is 119 Å². The summed E-state index contributed by atoms with van der Waals surface area (Å²) < 4.78 is 0. The highest BCUT2D eigenvalue weighted by Crippen LogP contribution is 2.27. The molecule has 0 aromatic heterocycles. The van der Waals surface area contributed by atoms with Crippen LogP contribution in [0.25, 0.3) is 0 Å². The van der Waals surface area contributed by atoms with Gasteiger partial charge in [-0.1, -0.05) is 41.9 Å². The first-order valence-electron chi connectivity index (χ1n) is 5.53. The minimum Gasteiger partial charge on any atom is -0.399 e. The highest BCUT2D eigenvalue weighted by molar-refractivity contribution is 6.33. The monoisotopic (exact) mass is 282 g/mol. The van der Waals surface area contributed by atoms with Gasteiger partial charge in [-0.15, -0.1) is 12.4 Å². The average Bonchev–Trinajstić information content (AvgIpc) is 2.34. The molecule has 0 saturated carbocycles. The van der Waals surface area contributed by atoms with Crippen molar-refractivity contribution >= 4 is 35.4 Å². The minimum absolute atomic E-state index is 0. The Morgan fingerprint density at radius 3 is 2.39 bits per heavy atom. The van der Waals surface area contributed by atoms with Crippen LogP contribution in [0.1, 0.15) is 18.5 Å². The van der Waals surface area contributed by atoms with Gasteiger partial charge >= 0.3 is 0 Å². The molecule has 2 nitrogen and oxygen atoms in total. The van der Waals surface area contributed by atoms with Gasteiger partial charge < -0.3 is 11.1 Å². The Balaban J connectivity index is 0.00000162. The summed E-state index contributed by atoms with van der Waals surface area (Å²) in [5.74, 6) is 0. The number of rotatable bonds is 3. The zero-order valence-electron chi connectivity index (χ0n) is 10.1. The minimum atomic E-state index is 0. The van der Waals surface area contributed by atoms with Crippen LogP contribution >= 0.6 is 24.0 Å². The molecule has 0 aliphatic rings. The molecule has 1 atom stereocenters. The van der Waals surface area contributed by atoms with E-state index in [0.29, 0.717) is 10.7 Å². The highest BCUT2D eigenvalue weighted by atomic mass is 35.5. The van der Waals surface area contributed by atoms with Gasteiger partial charge in [0.1, 0.15) is 0 Å². The maximum Gasteiger partial charge on any atom is 0.0658 e. The van der Waals surface area contributed by atoms with Crippen molar-refractivity contribution in [1.82, 2.24) is 0 Å². The normalized spacial score (nSPS) is 11.4. The van der Waals surface area contributed by atoms with Crippen LogP contribution in [0.3, 0.4) is 0 Å². The molecule has 0 spiro atoms. The van der Waals surface area contributed by atoms with Crippen LogP contribution in [0.2, 0.25) is 5.02 Å². The van der Waals surface area contributed by atoms with Crippen LogP contribution < -0.4 is 11.1 Å². The first-order valence-corrected chi connectivity index (χ1v) is 5.91. The second-order valence-corrected chi connectivity index (χ2v) is 4.42. The fourth-order valence-electron chi connectivity index (χ4n) is 1.71. The smallest absolute Gasteiger partial charge is 0.0658 e. The van der Waals surface area contributed by atoms with Gasteiger partial charge in [0, 0.05) is 11.7 Å². The lowest BCUT2D eigenvalue weighted by Gasteiger charge is -2.16. The molecule has 2 aromatic rings. The fraction of sp³-hybridized carbons (Fsp3) is 0.143. The molecular formula is C14H16Cl2N2. The van der Waals surface area contributed by atoms with Gasteiger partial charge in [-0.25, -0.2) is 0 Å². The summed E-state index contributed by atoms with van der Waals surface area (Å²) in [4.78, 5) is 0. The summed E-state index contributed by atoms with van der Waals surface area (Å²) in [5, 5.41) is 4.01. The van der Waals surface area contributed by atoms with Crippen LogP contribution in [0, 0.1) is 0 Å². The third-order valence-electron chi connectivity index (χ3n) is 2.66. The van der Waals surface area contributed by atoms with E-state index in [1.807, 2.05) is 30.3 Å². The van der Waals surface area contributed by atoms with Crippen molar-refractivity contribution in [2.45, 2.75) is 13.0 Å². The van der Waals surface area contributed by atoms with E-state index in [1.54, 1.807) is 6.07 Å². The van der Waals surface area contributed by atoms with Crippen molar-refractivity contribution in [3.05, 3.63) is 59.1 Å². The van der Waals surface area contributed by atoms with Crippen LogP contribution in [-0.4, -0.2) is 0 Å². The number of nitrogen functional groups attached to an aromatic ring is 1. The lowest BCUT2D eigenvalue weighted by atomic mass is 10.1. The van der Waals surface area contributed by atoms with E-state index in [2.05, 4.69) is 24.4 Å². The van der Waals surface area contributed by atoms with Gasteiger partial charge in [-0.2, -0.15) is 0 Å². The van der Waals surface area contributed by atoms with E-state index < -0.39 is 0 Å². The molecule has 96 valence electrons. The Hall–Kier alpha value is -1.38. The zero-order chi connectivity index (χ0) is 12.3. The molecule has 2 aromatic carbocycles. The number of anilines is 2. The number of nitrogens with two attached hydrogens (primary N) is 1. The first kappa shape index (κ1) is 14.7. The Morgan fingerprint density at radius 2 is 1.78 bits per heavy atom. The molecule has 0 aliphatic carbocycles. The van der Waals surface area contributed by atoms with Crippen molar-refractivity contribution in [2.24, 2.45) is 0 Å². The number of nitrogens with one attached hydrogen (secondary N) is 1. The summed E-state index contributed by atoms with van der Waals surface area (Å²) in [7, 11) is 0. The molecule has 0 radical (unpaired) electrons. The zero-order valence-corrected chi connectivity index (χ0v) is 11.6. The van der Waals surface area contributed by atoms with Crippen molar-refractivity contribution < 1.29 is 0 Å². The van der Waals surface area contributed by atoms with Gasteiger partial charge in [0.25, 0.3) is 0 Å². The lowest BCUT2D eigenvalue weighted by molar-refractivity contribution is 0.885. The molecule has 0 aliphatic heterocycles. The van der Waals surface area contributed by atoms with E-state index >= 15 is 0 Å². The maximum absolute atomic E-state index is 6.12. The van der Waals surface area contributed by atoms with Crippen LogP contribution in [0.5, 0.6) is 0 Å². The van der Waals surface area contributed by atoms with E-state index in [-0.39, 0.29) is 18.4 Å². The summed E-state index contributed by atoms with van der Waals surface area (Å²) >= 11 is 6.12. The molecule has 0 heterocycles. The van der Waals surface area contributed by atoms with E-state index in [4.69, 9.17) is 17.3 Å². The van der Waals surface area contributed by atoms with Crippen molar-refractivity contribution in [3.8, 4) is 0 Å².